The zero-order valence-corrected chi connectivity index (χ0v) is 23.9. The van der Waals surface area contributed by atoms with Gasteiger partial charge in [-0.1, -0.05) is 41.2 Å². The first-order chi connectivity index (χ1) is 20.8. The Balaban J connectivity index is 1.61. The Labute approximate surface area is 246 Å². The molecule has 0 saturated carbocycles. The summed E-state index contributed by atoms with van der Waals surface area (Å²) in [6, 6.07) is 14.9. The third-order valence-corrected chi connectivity index (χ3v) is 7.61. The van der Waals surface area contributed by atoms with Crippen molar-refractivity contribution in [2.45, 2.75) is 13.0 Å². The third kappa shape index (κ3) is 4.96. The van der Waals surface area contributed by atoms with Crippen molar-refractivity contribution in [3.63, 3.8) is 0 Å². The maximum absolute atomic E-state index is 14.2. The Hall–Kier alpha value is -5.21. The monoisotopic (exact) mass is 599 g/mol. The van der Waals surface area contributed by atoms with Gasteiger partial charge in [-0.2, -0.15) is 5.10 Å². The van der Waals surface area contributed by atoms with Crippen LogP contribution in [0.15, 0.2) is 82.5 Å². The number of hydrogen-bond acceptors (Lipinski definition) is 11. The minimum Gasteiger partial charge on any atom is -0.480 e. The van der Waals surface area contributed by atoms with Gasteiger partial charge in [-0.15, -0.1) is 0 Å². The highest BCUT2D eigenvalue weighted by atomic mass is 32.2. The number of aromatic nitrogens is 6. The zero-order chi connectivity index (χ0) is 30.2. The van der Waals surface area contributed by atoms with Crippen molar-refractivity contribution in [1.82, 2.24) is 29.1 Å². The molecule has 0 aliphatic rings. The van der Waals surface area contributed by atoms with Crippen LogP contribution in [0.4, 0.5) is 15.9 Å². The summed E-state index contributed by atoms with van der Waals surface area (Å²) in [4.78, 5) is 26.8. The molecule has 0 bridgehead atoms. The van der Waals surface area contributed by atoms with Crippen LogP contribution in [-0.2, 0) is 19.3 Å². The second-order valence-electron chi connectivity index (χ2n) is 9.44. The summed E-state index contributed by atoms with van der Waals surface area (Å²) in [5, 5.41) is 5.33. The van der Waals surface area contributed by atoms with Crippen molar-refractivity contribution in [2.75, 3.05) is 20.0 Å². The average molecular weight is 600 g/mol. The first-order valence-corrected chi connectivity index (χ1v) is 13.9. The molecule has 1 atom stereocenters. The van der Waals surface area contributed by atoms with Gasteiger partial charge in [-0.3, -0.25) is 9.20 Å². The van der Waals surface area contributed by atoms with Gasteiger partial charge in [0.05, 0.1) is 24.1 Å². The number of methoxy groups -OCH3 is 1. The quantitative estimate of drug-likeness (QED) is 0.254. The van der Waals surface area contributed by atoms with Gasteiger partial charge < -0.3 is 23.2 Å². The highest BCUT2D eigenvalue weighted by molar-refractivity contribution is 7.69. The van der Waals surface area contributed by atoms with Gasteiger partial charge in [-0.25, -0.2) is 24.0 Å². The molecular weight excluding hydrogens is 575 g/mol. The van der Waals surface area contributed by atoms with Crippen LogP contribution in [0.2, 0.25) is 0 Å². The fraction of sp³-hybridized carbons (Fsp3) is 0.138. The number of fused-ring (bicyclic) bond motifs is 2. The minimum atomic E-state index is -1.97. The Kier molecular flexibility index (Phi) is 7.29. The van der Waals surface area contributed by atoms with Crippen LogP contribution in [0, 0.1) is 5.82 Å². The molecule has 0 aliphatic heterocycles. The maximum Gasteiger partial charge on any atom is 0.263 e. The van der Waals surface area contributed by atoms with Crippen LogP contribution in [0.3, 0.4) is 0 Å². The van der Waals surface area contributed by atoms with Crippen molar-refractivity contribution in [2.24, 2.45) is 4.36 Å². The number of pyridine rings is 3. The maximum atomic E-state index is 14.2. The fourth-order valence-corrected chi connectivity index (χ4v) is 5.36. The van der Waals surface area contributed by atoms with E-state index in [1.807, 2.05) is 43.3 Å². The van der Waals surface area contributed by atoms with Gasteiger partial charge in [0, 0.05) is 30.6 Å². The number of nitrogens with two attached hydrogens (primary N) is 1. The number of benzene rings is 1. The van der Waals surface area contributed by atoms with Crippen LogP contribution in [0.25, 0.3) is 38.9 Å². The summed E-state index contributed by atoms with van der Waals surface area (Å²) < 4.78 is 43.2. The van der Waals surface area contributed by atoms with Crippen molar-refractivity contribution >= 4 is 38.9 Å². The Morgan fingerprint density at radius 2 is 1.84 bits per heavy atom. The van der Waals surface area contributed by atoms with Gasteiger partial charge in [0.1, 0.15) is 29.3 Å². The Morgan fingerprint density at radius 1 is 1.05 bits per heavy atom. The van der Waals surface area contributed by atoms with Gasteiger partial charge in [-0.05, 0) is 42.3 Å². The lowest BCUT2D eigenvalue weighted by atomic mass is 9.96. The van der Waals surface area contributed by atoms with Gasteiger partial charge >= 0.3 is 0 Å². The van der Waals surface area contributed by atoms with Crippen molar-refractivity contribution < 1.29 is 17.5 Å². The normalized spacial score (nSPS) is 13.0. The molecule has 0 radical (unpaired) electrons. The topological polar surface area (TPSA) is 152 Å². The SMILES string of the molecule is COc1ncc(-c2nn([C@@H](C)c3cc4ccc(F)cn4c(=O)c3-c3ccccc3)c3ncnc(N)c23)cc1N=[S-](=O)OC. The first-order valence-electron chi connectivity index (χ1n) is 12.9. The molecule has 0 unspecified atom stereocenters. The second-order valence-corrected chi connectivity index (χ2v) is 10.4. The number of nitrogen functional groups attached to an aromatic ring is 1. The standard InChI is InChI=1S/C29H24FN8O4S/c1-16(21-12-20-10-9-19(30)14-37(20)29(39)23(21)17-7-5-4-6-8-17)38-27-24(26(31)33-15-34-27)25(35-38)18-11-22(36-43(40)42-3)28(41-2)32-13-18/h4-16H,1-3H3,(H2,31,33,34)/q-1/t16-/m0/s1. The summed E-state index contributed by atoms with van der Waals surface area (Å²) in [5.41, 5.74) is 9.60. The molecule has 0 aliphatic carbocycles. The fourth-order valence-electron chi connectivity index (χ4n) is 4.99. The van der Waals surface area contributed by atoms with Gasteiger partial charge in [0.25, 0.3) is 5.56 Å². The van der Waals surface area contributed by atoms with E-state index in [2.05, 4.69) is 19.3 Å². The summed E-state index contributed by atoms with van der Waals surface area (Å²) in [6.07, 6.45) is 4.02. The zero-order valence-electron chi connectivity index (χ0n) is 23.1. The van der Waals surface area contributed by atoms with Gasteiger partial charge in [0.2, 0.25) is 5.88 Å². The number of hydrogen-bond donors (Lipinski definition) is 1. The molecule has 0 saturated heterocycles. The van der Waals surface area contributed by atoms with E-state index in [9.17, 15) is 13.4 Å². The van der Waals surface area contributed by atoms with E-state index in [0.29, 0.717) is 44.5 Å². The molecule has 5 heterocycles. The molecule has 5 aromatic heterocycles. The number of ether oxygens (including phenoxy) is 1. The number of nitrogens with zero attached hydrogens (tertiary/aromatic N) is 7. The molecule has 0 amide bonds. The van der Waals surface area contributed by atoms with E-state index in [4.69, 9.17) is 19.8 Å². The average Bonchev–Trinajstić information content (AvgIpc) is 3.42. The van der Waals surface area contributed by atoms with Crippen molar-refractivity contribution in [1.29, 1.82) is 0 Å². The molecule has 218 valence electrons. The largest absolute Gasteiger partial charge is 0.480 e. The van der Waals surface area contributed by atoms with E-state index in [0.717, 1.165) is 0 Å². The van der Waals surface area contributed by atoms with Crippen LogP contribution < -0.4 is 16.0 Å². The minimum absolute atomic E-state index is 0.135. The Bertz CT molecular complexity index is 2160. The molecule has 6 rings (SSSR count). The van der Waals surface area contributed by atoms with Crippen molar-refractivity contribution in [3.05, 3.63) is 95.1 Å². The summed E-state index contributed by atoms with van der Waals surface area (Å²) >= 11 is 0. The molecule has 12 nitrogen and oxygen atoms in total. The third-order valence-electron chi connectivity index (χ3n) is 6.98. The highest BCUT2D eigenvalue weighted by Crippen LogP contribution is 2.37. The van der Waals surface area contributed by atoms with Crippen LogP contribution in [-0.4, -0.2) is 43.4 Å². The van der Waals surface area contributed by atoms with E-state index < -0.39 is 22.7 Å². The summed E-state index contributed by atoms with van der Waals surface area (Å²) in [7, 11) is 0.702. The smallest absolute Gasteiger partial charge is 0.263 e. The molecule has 0 fully saturated rings. The first kappa shape index (κ1) is 27.9. The lowest BCUT2D eigenvalue weighted by Gasteiger charge is -2.19. The summed E-state index contributed by atoms with van der Waals surface area (Å²) in [5.74, 6) is -0.223. The van der Waals surface area contributed by atoms with Crippen LogP contribution in [0.5, 0.6) is 5.88 Å². The molecule has 1 aromatic carbocycles. The molecule has 14 heteroatoms. The molecule has 6 aromatic rings. The predicted molar refractivity (Wildman–Crippen MR) is 160 cm³/mol. The second kappa shape index (κ2) is 11.2. The van der Waals surface area contributed by atoms with E-state index in [-0.39, 0.29) is 22.9 Å². The number of anilines is 1. The molecule has 43 heavy (non-hydrogen) atoms. The van der Waals surface area contributed by atoms with Crippen molar-refractivity contribution in [3.8, 4) is 28.3 Å². The lowest BCUT2D eigenvalue weighted by Crippen LogP contribution is -2.21. The number of rotatable bonds is 7. The molecule has 2 N–H and O–H groups in total. The van der Waals surface area contributed by atoms with Gasteiger partial charge in [0.15, 0.2) is 5.65 Å². The lowest BCUT2D eigenvalue weighted by molar-refractivity contribution is 0.399. The molecule has 0 spiro atoms. The van der Waals surface area contributed by atoms with E-state index in [1.54, 1.807) is 16.8 Å². The van der Waals surface area contributed by atoms with E-state index >= 15 is 0 Å². The highest BCUT2D eigenvalue weighted by Gasteiger charge is 2.25. The Morgan fingerprint density at radius 3 is 2.58 bits per heavy atom. The van der Waals surface area contributed by atoms with E-state index in [1.165, 1.54) is 43.4 Å². The summed E-state index contributed by atoms with van der Waals surface area (Å²) in [6.45, 7) is 1.88. The number of halogens is 1. The van der Waals surface area contributed by atoms with Crippen LogP contribution in [0.1, 0.15) is 18.5 Å². The van der Waals surface area contributed by atoms with Crippen LogP contribution >= 0.6 is 0 Å². The molecular formula is C29H24FN8O4S-. The predicted octanol–water partition coefficient (Wildman–Crippen LogP) is 4.85.